The molecule has 2 aromatic carbocycles. The van der Waals surface area contributed by atoms with E-state index >= 15 is 0 Å². The number of methoxy groups -OCH3 is 1. The fourth-order valence-electron chi connectivity index (χ4n) is 5.16. The number of nitrogens with zero attached hydrogens (tertiary/aromatic N) is 3. The highest BCUT2D eigenvalue weighted by Crippen LogP contribution is 2.33. The first-order valence-corrected chi connectivity index (χ1v) is 13.7. The monoisotopic (exact) mass is 499 g/mol. The molecule has 9 nitrogen and oxygen atoms in total. The van der Waals surface area contributed by atoms with Gasteiger partial charge in [0.1, 0.15) is 16.7 Å². The number of anilines is 1. The lowest BCUT2D eigenvalue weighted by atomic mass is 10.0. The van der Waals surface area contributed by atoms with E-state index < -0.39 is 10.0 Å². The molecule has 0 aliphatic carbocycles. The molecule has 35 heavy (non-hydrogen) atoms. The minimum absolute atomic E-state index is 0.0751. The maximum atomic E-state index is 13.2. The Morgan fingerprint density at radius 1 is 0.943 bits per heavy atom. The molecule has 0 spiro atoms. The number of benzene rings is 2. The molecule has 188 valence electrons. The molecule has 2 unspecified atom stereocenters. The highest BCUT2D eigenvalue weighted by atomic mass is 32.2. The van der Waals surface area contributed by atoms with E-state index in [0.29, 0.717) is 38.3 Å². The molecule has 0 radical (unpaired) electrons. The van der Waals surface area contributed by atoms with Crippen LogP contribution >= 0.6 is 0 Å². The second-order valence-corrected chi connectivity index (χ2v) is 11.2. The molecule has 2 atom stereocenters. The highest BCUT2D eigenvalue weighted by Gasteiger charge is 2.36. The summed E-state index contributed by atoms with van der Waals surface area (Å²) in [6.45, 7) is 4.03. The Kier molecular flexibility index (Phi) is 6.97. The Morgan fingerprint density at radius 2 is 1.66 bits per heavy atom. The first-order valence-electron chi connectivity index (χ1n) is 12.3. The van der Waals surface area contributed by atoms with Gasteiger partial charge in [0, 0.05) is 51.0 Å². The molecule has 3 aliphatic rings. The Hall–Kier alpha value is -2.66. The smallest absolute Gasteiger partial charge is 0.246 e. The first kappa shape index (κ1) is 24.1. The Morgan fingerprint density at radius 3 is 2.34 bits per heavy atom. The van der Waals surface area contributed by atoms with Crippen LogP contribution in [0.5, 0.6) is 5.75 Å². The number of hydrogen-bond donors (Lipinski definition) is 2. The van der Waals surface area contributed by atoms with Crippen molar-refractivity contribution in [2.45, 2.75) is 36.2 Å². The Balaban J connectivity index is 1.24. The zero-order valence-electron chi connectivity index (χ0n) is 20.0. The molecule has 3 fully saturated rings. The minimum Gasteiger partial charge on any atom is -0.495 e. The van der Waals surface area contributed by atoms with Crippen LogP contribution in [-0.2, 0) is 14.8 Å². The van der Waals surface area contributed by atoms with Crippen molar-refractivity contribution in [3.05, 3.63) is 54.1 Å². The van der Waals surface area contributed by atoms with Gasteiger partial charge in [0.15, 0.2) is 0 Å². The van der Waals surface area contributed by atoms with Gasteiger partial charge in [-0.15, -0.1) is 0 Å². The van der Waals surface area contributed by atoms with Crippen LogP contribution in [0.1, 0.15) is 30.9 Å². The van der Waals surface area contributed by atoms with Crippen molar-refractivity contribution in [1.82, 2.24) is 20.1 Å². The number of nitrogens with one attached hydrogen (secondary N) is 2. The first-order chi connectivity index (χ1) is 17.0. The third-order valence-electron chi connectivity index (χ3n) is 7.19. The van der Waals surface area contributed by atoms with Crippen molar-refractivity contribution in [3.63, 3.8) is 0 Å². The minimum atomic E-state index is -3.63. The predicted octanol–water partition coefficient (Wildman–Crippen LogP) is 1.74. The second-order valence-electron chi connectivity index (χ2n) is 9.30. The highest BCUT2D eigenvalue weighted by molar-refractivity contribution is 7.89. The summed E-state index contributed by atoms with van der Waals surface area (Å²) in [7, 11) is -2.14. The lowest BCUT2D eigenvalue weighted by Crippen LogP contribution is -2.53. The Labute approximate surface area is 207 Å². The van der Waals surface area contributed by atoms with E-state index in [0.717, 1.165) is 31.5 Å². The van der Waals surface area contributed by atoms with Crippen molar-refractivity contribution in [1.29, 1.82) is 0 Å². The largest absolute Gasteiger partial charge is 0.495 e. The molecular formula is C25H33N5O4S. The van der Waals surface area contributed by atoms with Gasteiger partial charge in [-0.25, -0.2) is 19.3 Å². The number of piperazine rings is 1. The van der Waals surface area contributed by atoms with Crippen LogP contribution in [0.4, 0.5) is 5.69 Å². The molecule has 2 N–H and O–H groups in total. The number of amides is 1. The van der Waals surface area contributed by atoms with E-state index in [1.807, 2.05) is 29.2 Å². The molecule has 3 heterocycles. The van der Waals surface area contributed by atoms with Gasteiger partial charge in [-0.2, -0.15) is 4.31 Å². The average molecular weight is 500 g/mol. The Bertz CT molecular complexity index is 1150. The van der Waals surface area contributed by atoms with Crippen LogP contribution < -0.4 is 20.5 Å². The lowest BCUT2D eigenvalue weighted by molar-refractivity contribution is -0.133. The fraction of sp³-hybridized carbons (Fsp3) is 0.480. The molecule has 5 rings (SSSR count). The summed E-state index contributed by atoms with van der Waals surface area (Å²) < 4.78 is 33.4. The van der Waals surface area contributed by atoms with Crippen LogP contribution in [0.15, 0.2) is 53.4 Å². The number of carbonyl (C=O) groups excluding carboxylic acids is 1. The van der Waals surface area contributed by atoms with Crippen molar-refractivity contribution in [2.24, 2.45) is 0 Å². The van der Waals surface area contributed by atoms with Crippen LogP contribution in [0.2, 0.25) is 0 Å². The number of sulfonamides is 1. The molecule has 3 saturated heterocycles. The zero-order valence-corrected chi connectivity index (χ0v) is 20.8. The summed E-state index contributed by atoms with van der Waals surface area (Å²) in [6.07, 6.45) is 2.30. The summed E-state index contributed by atoms with van der Waals surface area (Å²) in [5.74, 6) is 0.418. The summed E-state index contributed by atoms with van der Waals surface area (Å²) in [4.78, 5) is 17.6. The van der Waals surface area contributed by atoms with Crippen LogP contribution in [-0.4, -0.2) is 76.0 Å². The van der Waals surface area contributed by atoms with Crippen molar-refractivity contribution < 1.29 is 17.9 Å². The van der Waals surface area contributed by atoms with Crippen LogP contribution in [0, 0.1) is 0 Å². The summed E-state index contributed by atoms with van der Waals surface area (Å²) in [5, 5.41) is 0. The summed E-state index contributed by atoms with van der Waals surface area (Å²) in [6, 6.07) is 15.0. The molecule has 0 saturated carbocycles. The van der Waals surface area contributed by atoms with Crippen LogP contribution in [0.3, 0.4) is 0 Å². The molecule has 3 aliphatic heterocycles. The molecule has 0 bridgehead atoms. The maximum absolute atomic E-state index is 13.2. The number of carbonyl (C=O) groups is 1. The fourth-order valence-corrected chi connectivity index (χ4v) is 6.87. The topological polar surface area (TPSA) is 94.2 Å². The van der Waals surface area contributed by atoms with Gasteiger partial charge in [0.05, 0.1) is 7.11 Å². The van der Waals surface area contributed by atoms with E-state index in [9.17, 15) is 13.2 Å². The molecule has 0 aromatic heterocycles. The summed E-state index contributed by atoms with van der Waals surface area (Å²) >= 11 is 0. The molecule has 10 heteroatoms. The third-order valence-corrected chi connectivity index (χ3v) is 9.11. The molecule has 2 aromatic rings. The second kappa shape index (κ2) is 10.1. The van der Waals surface area contributed by atoms with Gasteiger partial charge in [-0.3, -0.25) is 4.79 Å². The number of hydrazine groups is 1. The van der Waals surface area contributed by atoms with Gasteiger partial charge >= 0.3 is 0 Å². The van der Waals surface area contributed by atoms with Gasteiger partial charge in [-0.1, -0.05) is 24.3 Å². The average Bonchev–Trinajstić information content (AvgIpc) is 3.62. The van der Waals surface area contributed by atoms with E-state index in [-0.39, 0.29) is 22.9 Å². The SMILES string of the molecule is COc1ccc(C2CC(C(=O)N3CCN(c4ccccc4)CC3)NN2)cc1S(=O)(=O)N1CCCC1. The van der Waals surface area contributed by atoms with Gasteiger partial charge in [0.25, 0.3) is 0 Å². The zero-order chi connectivity index (χ0) is 24.4. The quantitative estimate of drug-likeness (QED) is 0.625. The van der Waals surface area contributed by atoms with Gasteiger partial charge in [0.2, 0.25) is 15.9 Å². The molecule has 1 amide bonds. The molecular weight excluding hydrogens is 466 g/mol. The predicted molar refractivity (Wildman–Crippen MR) is 134 cm³/mol. The van der Waals surface area contributed by atoms with E-state index in [1.165, 1.54) is 17.1 Å². The number of ether oxygens (including phenoxy) is 1. The number of rotatable bonds is 6. The van der Waals surface area contributed by atoms with Gasteiger partial charge < -0.3 is 14.5 Å². The van der Waals surface area contributed by atoms with E-state index in [4.69, 9.17) is 4.74 Å². The normalized spacial score (nSPS) is 23.6. The van der Waals surface area contributed by atoms with Crippen molar-refractivity contribution in [2.75, 3.05) is 51.3 Å². The van der Waals surface area contributed by atoms with Crippen molar-refractivity contribution >= 4 is 21.6 Å². The van der Waals surface area contributed by atoms with E-state index in [1.54, 1.807) is 12.1 Å². The van der Waals surface area contributed by atoms with E-state index in [2.05, 4.69) is 27.9 Å². The third kappa shape index (κ3) is 4.88. The standard InChI is InChI=1S/C25H33N5O4S/c1-34-23-10-9-19(17-24(23)35(32,33)30-11-5-6-12-30)21-18-22(27-26-21)25(31)29-15-13-28(14-16-29)20-7-3-2-4-8-20/h2-4,7-10,17,21-22,26-27H,5-6,11-16,18H2,1H3. The lowest BCUT2D eigenvalue weighted by Gasteiger charge is -2.37. The maximum Gasteiger partial charge on any atom is 0.246 e. The summed E-state index contributed by atoms with van der Waals surface area (Å²) in [5.41, 5.74) is 8.35. The van der Waals surface area contributed by atoms with Crippen molar-refractivity contribution in [3.8, 4) is 5.75 Å². The van der Waals surface area contributed by atoms with Crippen LogP contribution in [0.25, 0.3) is 0 Å². The number of hydrogen-bond acceptors (Lipinski definition) is 7. The van der Waals surface area contributed by atoms with Gasteiger partial charge in [-0.05, 0) is 49.1 Å². The number of para-hydroxylation sites is 1.